The average Bonchev–Trinajstić information content (AvgIpc) is 1.58. The van der Waals surface area contributed by atoms with Gasteiger partial charge in [-0.05, 0) is 76.7 Å². The van der Waals surface area contributed by atoms with Crippen LogP contribution in [0.2, 0.25) is 19.6 Å². The first-order chi connectivity index (χ1) is 58.0. The lowest BCUT2D eigenvalue weighted by molar-refractivity contribution is -0.256. The number of hydrogen-bond acceptors (Lipinski definition) is 23. The summed E-state index contributed by atoms with van der Waals surface area (Å²) < 4.78 is 61.9. The van der Waals surface area contributed by atoms with Gasteiger partial charge in [0.15, 0.2) is 28.7 Å². The van der Waals surface area contributed by atoms with Gasteiger partial charge in [-0.25, -0.2) is 28.5 Å². The van der Waals surface area contributed by atoms with Gasteiger partial charge in [0.1, 0.15) is 104 Å². The second kappa shape index (κ2) is 47.3. The number of aliphatic hydroxyl groups excluding tert-OH is 4. The Kier molecular flexibility index (Phi) is 37.7. The number of terminal acetylenes is 3. The maximum absolute atomic E-state index is 12.3. The molecule has 121 heavy (non-hydrogen) atoms. The number of aromatic nitrogens is 9. The normalized spacial score (nSPS) is 21.8. The maximum Gasteiger partial charge on any atom is 0.450 e. The highest BCUT2D eigenvalue weighted by atomic mass is 35.6. The van der Waals surface area contributed by atoms with Crippen molar-refractivity contribution in [3.05, 3.63) is 288 Å². The average molecular weight is 1730 g/mol. The summed E-state index contributed by atoms with van der Waals surface area (Å²) in [6.45, 7) is 14.6. The Hall–Kier alpha value is -10.1. The lowest BCUT2D eigenvalue weighted by Crippen LogP contribution is -2.45. The standard InChI is InChI=1S/C34H32N4O4.C32H32N4O5.C13H14N4O4.C5H10Si.C3H8.C2H6O.CH4.BCl3/c1-2-34(30-19-18-28-33(35)36-24-37-38(28)30)32(41-22-27-16-10-5-11-17-27)31(40-21-26-14-8-4-9-15-26)29(42-34)23-39-20-25-12-6-3-7-13-25;33-31-26-16-17-28(36(26)35-22-34-31)32(37)30(40-20-25-14-8-3-9-15-25)29(39-19-24-12-6-2-7-13-24)27(41-32)21-38-18-23-10-4-1-5-11-23;1-2-13(11(20)10(19)8(5-18)21-13)9-4-3-7-12(14)15-6-16-17(7)9;1-5-6(2,3)4;1-3-2;1-2-3;;2-1(3)4/h1,3-19,24,29,31-32H,20-23H2,(H2,35,36,37);1-17,22,27,29-30,37H,18-21H2,(H2,33,34,35);1,3-4,6,8,10-11,18-20H,5H2,(H2,14,15,16);1H,2-4H3;3H2,1-2H3;3H,2H2,1H3;1H4;/t29-,31-,32-,34+;27-,29-,30-,32?;8-,10-,11-,13+;;;;;/m111...../s1. The minimum atomic E-state index is -1.93. The van der Waals surface area contributed by atoms with E-state index in [0.717, 1.165) is 33.4 Å². The zero-order valence-corrected chi connectivity index (χ0v) is 70.9. The molecule has 0 amide bonds. The fourth-order valence-corrected chi connectivity index (χ4v) is 13.1. The molecule has 6 aromatic carbocycles. The van der Waals surface area contributed by atoms with Gasteiger partial charge in [0.25, 0.3) is 0 Å². The molecule has 638 valence electrons. The molecule has 1 unspecified atom stereocenters. The highest BCUT2D eigenvalue weighted by Gasteiger charge is 2.61. The van der Waals surface area contributed by atoms with Crippen LogP contribution in [0.5, 0.6) is 0 Å². The largest absolute Gasteiger partial charge is 0.450 e. The van der Waals surface area contributed by atoms with Crippen molar-refractivity contribution in [2.24, 2.45) is 0 Å². The van der Waals surface area contributed by atoms with E-state index in [2.05, 4.69) is 81.1 Å². The summed E-state index contributed by atoms with van der Waals surface area (Å²) in [5, 5.41) is 62.2. The number of hydrogen-bond donors (Lipinski definition) is 8. The van der Waals surface area contributed by atoms with Gasteiger partial charge in [-0.3, -0.25) is 0 Å². The Morgan fingerprint density at radius 2 is 0.744 bits per heavy atom. The monoisotopic (exact) mass is 1720 g/mol. The van der Waals surface area contributed by atoms with Crippen LogP contribution in [-0.2, 0) is 99.3 Å². The number of benzene rings is 6. The van der Waals surface area contributed by atoms with Crippen LogP contribution in [0.15, 0.2) is 237 Å². The molecule has 3 fully saturated rings. The number of nitrogen functional groups attached to an aromatic ring is 3. The SMILES string of the molecule is C.C#C[C@@]1(c2ccc3c(N)ncnn23)O[C@H](CO)[C@@H](O)[C@H]1O.C#C[C@@]1(c2ccc3c(N)ncnn23)O[C@H](COCc2ccccc2)[C@@H](OCc2ccccc2)[C@H]1OCc1ccccc1.C#C[Si](C)(C)C.CCC.CCO.ClB(Cl)Cl.Nc1ncnn2c(C3(O)O[C@H](COCc4ccccc4)[C@@H](OCc4ccccc4)[C@H]3OCc3ccccc3)ccc12. The molecule has 0 bridgehead atoms. The molecule has 0 radical (unpaired) electrons. The molecule has 12 atom stereocenters. The Morgan fingerprint density at radius 3 is 1.07 bits per heavy atom. The summed E-state index contributed by atoms with van der Waals surface area (Å²) in [7, 11) is -1.10. The number of nitrogens with zero attached hydrogens (tertiary/aromatic N) is 9. The van der Waals surface area contributed by atoms with Crippen LogP contribution in [0.3, 0.4) is 0 Å². The fraction of sp³-hybridized carbons (Fsp3) is 0.333. The third kappa shape index (κ3) is 25.3. The molecule has 3 aliphatic rings. The Balaban J connectivity index is 0.000000214. The molecule has 3 saturated heterocycles. The summed E-state index contributed by atoms with van der Waals surface area (Å²) in [6.07, 6.45) is 14.5. The van der Waals surface area contributed by atoms with Crippen molar-refractivity contribution in [3.63, 3.8) is 0 Å². The van der Waals surface area contributed by atoms with Crippen molar-refractivity contribution in [1.82, 2.24) is 43.8 Å². The smallest absolute Gasteiger partial charge is 0.397 e. The summed E-state index contributed by atoms with van der Waals surface area (Å²) in [5.41, 5.74) is 26.8. The molecule has 15 rings (SSSR count). The van der Waals surface area contributed by atoms with Crippen LogP contribution in [-0.4, -0.2) is 164 Å². The number of aliphatic hydroxyl groups is 5. The summed E-state index contributed by atoms with van der Waals surface area (Å²) in [6, 6.07) is 69.8. The van der Waals surface area contributed by atoms with Gasteiger partial charge in [0, 0.05) is 6.61 Å². The lowest BCUT2D eigenvalue weighted by atomic mass is 9.91. The molecule has 11 N–H and O–H groups in total. The molecule has 3 aliphatic heterocycles. The molecule has 12 aromatic rings. The van der Waals surface area contributed by atoms with Crippen LogP contribution in [0.4, 0.5) is 17.5 Å². The van der Waals surface area contributed by atoms with E-state index in [9.17, 15) is 20.4 Å². The van der Waals surface area contributed by atoms with Gasteiger partial charge in [-0.2, -0.15) is 49.7 Å². The number of halogens is 3. The van der Waals surface area contributed by atoms with Gasteiger partial charge < -0.3 is 85.4 Å². The van der Waals surface area contributed by atoms with E-state index in [0.29, 0.717) is 72.5 Å². The maximum atomic E-state index is 12.3. The highest BCUT2D eigenvalue weighted by Crippen LogP contribution is 2.46. The second-order valence-electron chi connectivity index (χ2n) is 28.6. The Labute approximate surface area is 722 Å². The van der Waals surface area contributed by atoms with Gasteiger partial charge in [0.2, 0.25) is 5.79 Å². The predicted molar refractivity (Wildman–Crippen MR) is 474 cm³/mol. The van der Waals surface area contributed by atoms with Crippen LogP contribution < -0.4 is 17.2 Å². The minimum absolute atomic E-state index is 0. The van der Waals surface area contributed by atoms with Crippen molar-refractivity contribution < 1.29 is 68.2 Å². The number of fused-ring (bicyclic) bond motifs is 3. The first-order valence-electron chi connectivity index (χ1n) is 38.8. The number of anilines is 3. The van der Waals surface area contributed by atoms with Crippen molar-refractivity contribution in [2.75, 3.05) is 43.6 Å². The number of nitrogens with two attached hydrogens (primary N) is 3. The summed E-state index contributed by atoms with van der Waals surface area (Å²) in [5.74, 6) is 4.25. The lowest BCUT2D eigenvalue weighted by Gasteiger charge is -2.31. The van der Waals surface area contributed by atoms with Gasteiger partial charge in [0.05, 0.1) is 70.8 Å². The van der Waals surface area contributed by atoms with Crippen molar-refractivity contribution >= 4 is 81.4 Å². The molecule has 0 spiro atoms. The van der Waals surface area contributed by atoms with Gasteiger partial charge >= 0.3 is 4.96 Å². The van der Waals surface area contributed by atoms with Crippen LogP contribution in [0.1, 0.15) is 85.1 Å². The van der Waals surface area contributed by atoms with E-state index in [1.54, 1.807) is 35.7 Å². The van der Waals surface area contributed by atoms with E-state index in [1.165, 1.54) is 34.4 Å². The minimum Gasteiger partial charge on any atom is -0.397 e. The molecule has 6 aromatic heterocycles. The molecular formula is C90H106BCl3N12O14Si. The van der Waals surface area contributed by atoms with E-state index in [-0.39, 0.29) is 45.5 Å². The van der Waals surface area contributed by atoms with E-state index in [4.69, 9.17) is 119 Å². The quantitative estimate of drug-likeness (QED) is 0.0206. The van der Waals surface area contributed by atoms with Crippen LogP contribution in [0.25, 0.3) is 16.6 Å². The third-order valence-electron chi connectivity index (χ3n) is 18.8. The molecule has 26 nitrogen and oxygen atoms in total. The first kappa shape index (κ1) is 96.3. The van der Waals surface area contributed by atoms with Crippen molar-refractivity contribution in [3.8, 4) is 36.7 Å². The van der Waals surface area contributed by atoms with Crippen molar-refractivity contribution in [2.45, 2.75) is 166 Å². The Morgan fingerprint density at radius 1 is 0.455 bits per heavy atom. The summed E-state index contributed by atoms with van der Waals surface area (Å²) in [4.78, 5) is 11.3. The van der Waals surface area contributed by atoms with Gasteiger partial charge in [-0.1, -0.05) is 241 Å². The topological polar surface area (TPSA) is 353 Å². The van der Waals surface area contributed by atoms with E-state index >= 15 is 0 Å². The molecular weight excluding hydrogens is 1620 g/mol. The molecule has 0 saturated carbocycles. The van der Waals surface area contributed by atoms with Gasteiger partial charge in [-0.15, -0.1) is 24.8 Å². The van der Waals surface area contributed by atoms with E-state index in [1.807, 2.05) is 194 Å². The number of ether oxygens (including phenoxy) is 9. The van der Waals surface area contributed by atoms with Crippen molar-refractivity contribution in [1.29, 1.82) is 0 Å². The third-order valence-corrected chi connectivity index (χ3v) is 19.6. The fourth-order valence-electron chi connectivity index (χ4n) is 13.1. The molecule has 9 heterocycles. The first-order valence-corrected chi connectivity index (χ1v) is 43.6. The van der Waals surface area contributed by atoms with Crippen LogP contribution >= 0.6 is 34.4 Å². The Bertz CT molecular complexity index is 5190. The second-order valence-corrected chi connectivity index (χ2v) is 35.4. The predicted octanol–water partition coefficient (Wildman–Crippen LogP) is 12.7. The van der Waals surface area contributed by atoms with Crippen LogP contribution in [0, 0.1) is 36.7 Å². The van der Waals surface area contributed by atoms with E-state index < -0.39 is 91.6 Å². The molecule has 0 aliphatic carbocycles. The zero-order valence-electron chi connectivity index (χ0n) is 67.6. The number of rotatable bonds is 24. The highest BCUT2D eigenvalue weighted by molar-refractivity contribution is 7.54. The molecule has 31 heteroatoms. The zero-order chi connectivity index (χ0) is 86.2. The summed E-state index contributed by atoms with van der Waals surface area (Å²) >= 11 is 14.4.